The topological polar surface area (TPSA) is 64.6 Å². The van der Waals surface area contributed by atoms with Gasteiger partial charge in [-0.05, 0) is 37.3 Å². The number of nitrogens with one attached hydrogen (secondary N) is 1. The minimum atomic E-state index is -1.15. The summed E-state index contributed by atoms with van der Waals surface area (Å²) in [4.78, 5) is 25.5. The van der Waals surface area contributed by atoms with E-state index in [1.807, 2.05) is 19.1 Å². The van der Waals surface area contributed by atoms with E-state index in [1.165, 1.54) is 31.4 Å². The fraction of sp³-hybridized carbons (Fsp3) is 0.167. The number of benzene rings is 3. The van der Waals surface area contributed by atoms with Gasteiger partial charge in [-0.25, -0.2) is 4.39 Å². The molecule has 0 radical (unpaired) electrons. The van der Waals surface area contributed by atoms with Gasteiger partial charge in [-0.15, -0.1) is 0 Å². The molecule has 0 aliphatic heterocycles. The predicted octanol–water partition coefficient (Wildman–Crippen LogP) is 4.61. The molecule has 0 unspecified atom stereocenters. The maximum Gasteiger partial charge on any atom is 0.311 e. The second-order valence-electron chi connectivity index (χ2n) is 6.77. The van der Waals surface area contributed by atoms with E-state index in [4.69, 9.17) is 9.47 Å². The summed E-state index contributed by atoms with van der Waals surface area (Å²) in [5.41, 5.74) is 2.58. The molecule has 0 bridgehead atoms. The van der Waals surface area contributed by atoms with Crippen LogP contribution in [0.5, 0.6) is 5.75 Å². The Labute approximate surface area is 174 Å². The fourth-order valence-electron chi connectivity index (χ4n) is 3.02. The molecule has 0 spiro atoms. The van der Waals surface area contributed by atoms with Crippen molar-refractivity contribution in [2.75, 3.05) is 12.4 Å². The van der Waals surface area contributed by atoms with Gasteiger partial charge in [0.25, 0.3) is 5.91 Å². The first-order valence-electron chi connectivity index (χ1n) is 9.40. The molecule has 1 atom stereocenters. The predicted molar refractivity (Wildman–Crippen MR) is 112 cm³/mol. The van der Waals surface area contributed by atoms with Crippen molar-refractivity contribution in [3.05, 3.63) is 95.3 Å². The normalized spacial score (nSPS) is 11.4. The van der Waals surface area contributed by atoms with Crippen LogP contribution in [0.25, 0.3) is 0 Å². The minimum absolute atomic E-state index is 0.0436. The summed E-state index contributed by atoms with van der Waals surface area (Å²) in [5.74, 6) is -0.935. The lowest BCUT2D eigenvalue weighted by Crippen LogP contribution is -2.26. The van der Waals surface area contributed by atoms with Crippen LogP contribution in [0.3, 0.4) is 0 Å². The van der Waals surface area contributed by atoms with Crippen LogP contribution in [0.4, 0.5) is 10.1 Å². The van der Waals surface area contributed by atoms with Gasteiger partial charge in [0.15, 0.2) is 0 Å². The van der Waals surface area contributed by atoms with Crippen LogP contribution < -0.4 is 10.1 Å². The van der Waals surface area contributed by atoms with Gasteiger partial charge in [0, 0.05) is 16.8 Å². The van der Waals surface area contributed by atoms with Crippen molar-refractivity contribution in [2.24, 2.45) is 0 Å². The number of hydrogen-bond donors (Lipinski definition) is 1. The van der Waals surface area contributed by atoms with Crippen LogP contribution in [0.15, 0.2) is 72.8 Å². The number of amides is 1. The van der Waals surface area contributed by atoms with Gasteiger partial charge in [0.2, 0.25) is 6.10 Å². The van der Waals surface area contributed by atoms with Crippen molar-refractivity contribution in [3.63, 3.8) is 0 Å². The van der Waals surface area contributed by atoms with E-state index >= 15 is 0 Å². The van der Waals surface area contributed by atoms with E-state index in [0.29, 0.717) is 22.6 Å². The zero-order valence-electron chi connectivity index (χ0n) is 16.7. The van der Waals surface area contributed by atoms with Gasteiger partial charge in [-0.2, -0.15) is 0 Å². The molecular weight excluding hydrogens is 385 g/mol. The molecule has 3 rings (SSSR count). The standard InChI is InChI=1S/C24H22FNO4/c1-16-8-13-21(29-2)18(14-16)15-22(27)30-23(17-6-4-3-5-7-17)24(28)26-20-11-9-19(25)10-12-20/h3-14,23H,15H2,1-2H3,(H,26,28)/t23-/m1/s1. The number of halogens is 1. The average Bonchev–Trinajstić information content (AvgIpc) is 2.74. The summed E-state index contributed by atoms with van der Waals surface area (Å²) in [7, 11) is 1.53. The molecule has 0 aliphatic carbocycles. The quantitative estimate of drug-likeness (QED) is 0.581. The molecule has 6 heteroatoms. The lowest BCUT2D eigenvalue weighted by molar-refractivity contribution is -0.154. The Morgan fingerprint density at radius 3 is 2.37 bits per heavy atom. The number of carbonyl (C=O) groups is 2. The van der Waals surface area contributed by atoms with E-state index in [2.05, 4.69) is 5.32 Å². The van der Waals surface area contributed by atoms with E-state index < -0.39 is 23.8 Å². The molecule has 154 valence electrons. The molecule has 0 fully saturated rings. The van der Waals surface area contributed by atoms with E-state index in [0.717, 1.165) is 5.56 Å². The molecule has 3 aromatic rings. The number of ether oxygens (including phenoxy) is 2. The second-order valence-corrected chi connectivity index (χ2v) is 6.77. The minimum Gasteiger partial charge on any atom is -0.496 e. The van der Waals surface area contributed by atoms with Gasteiger partial charge < -0.3 is 14.8 Å². The number of esters is 1. The second kappa shape index (κ2) is 9.69. The zero-order chi connectivity index (χ0) is 21.5. The Hall–Kier alpha value is -3.67. The molecule has 0 saturated heterocycles. The van der Waals surface area contributed by atoms with Crippen LogP contribution in [0.2, 0.25) is 0 Å². The Morgan fingerprint density at radius 1 is 1.00 bits per heavy atom. The Kier molecular flexibility index (Phi) is 6.80. The maximum atomic E-state index is 13.1. The summed E-state index contributed by atoms with van der Waals surface area (Å²) in [6, 6.07) is 19.6. The first-order chi connectivity index (χ1) is 14.5. The first kappa shape index (κ1) is 21.0. The number of rotatable bonds is 7. The van der Waals surface area contributed by atoms with Crippen molar-refractivity contribution in [3.8, 4) is 5.75 Å². The summed E-state index contributed by atoms with van der Waals surface area (Å²) in [6.07, 6.45) is -1.20. The molecule has 0 aliphatic rings. The number of aryl methyl sites for hydroxylation is 1. The maximum absolute atomic E-state index is 13.1. The van der Waals surface area contributed by atoms with Crippen LogP contribution in [0, 0.1) is 12.7 Å². The number of anilines is 1. The molecule has 1 amide bonds. The van der Waals surface area contributed by atoms with E-state index in [1.54, 1.807) is 36.4 Å². The fourth-order valence-corrected chi connectivity index (χ4v) is 3.02. The molecule has 0 aromatic heterocycles. The molecule has 0 heterocycles. The Balaban J connectivity index is 1.79. The summed E-state index contributed by atoms with van der Waals surface area (Å²) in [5, 5.41) is 2.66. The molecular formula is C24H22FNO4. The molecule has 3 aromatic carbocycles. The summed E-state index contributed by atoms with van der Waals surface area (Å²) >= 11 is 0. The largest absolute Gasteiger partial charge is 0.496 e. The highest BCUT2D eigenvalue weighted by atomic mass is 19.1. The molecule has 5 nitrogen and oxygen atoms in total. The Bertz CT molecular complexity index is 1020. The smallest absolute Gasteiger partial charge is 0.311 e. The summed E-state index contributed by atoms with van der Waals surface area (Å²) in [6.45, 7) is 1.91. The first-order valence-corrected chi connectivity index (χ1v) is 9.40. The van der Waals surface area contributed by atoms with Gasteiger partial charge >= 0.3 is 5.97 Å². The zero-order valence-corrected chi connectivity index (χ0v) is 16.7. The molecule has 0 saturated carbocycles. The van der Waals surface area contributed by atoms with Crippen molar-refractivity contribution in [1.82, 2.24) is 0 Å². The lowest BCUT2D eigenvalue weighted by atomic mass is 10.1. The van der Waals surface area contributed by atoms with E-state index in [9.17, 15) is 14.0 Å². The third-order valence-electron chi connectivity index (χ3n) is 4.47. The highest BCUT2D eigenvalue weighted by Crippen LogP contribution is 2.24. The SMILES string of the molecule is COc1ccc(C)cc1CC(=O)O[C@@H](C(=O)Nc1ccc(F)cc1)c1ccccc1. The van der Waals surface area contributed by atoms with Gasteiger partial charge in [-0.3, -0.25) is 9.59 Å². The van der Waals surface area contributed by atoms with Crippen molar-refractivity contribution in [2.45, 2.75) is 19.4 Å². The number of hydrogen-bond acceptors (Lipinski definition) is 4. The molecule has 1 N–H and O–H groups in total. The van der Waals surface area contributed by atoms with Crippen molar-refractivity contribution in [1.29, 1.82) is 0 Å². The highest BCUT2D eigenvalue weighted by Gasteiger charge is 2.25. The van der Waals surface area contributed by atoms with E-state index in [-0.39, 0.29) is 6.42 Å². The molecule has 30 heavy (non-hydrogen) atoms. The van der Waals surface area contributed by atoms with Gasteiger partial charge in [0.1, 0.15) is 11.6 Å². The van der Waals surface area contributed by atoms with Crippen LogP contribution >= 0.6 is 0 Å². The Morgan fingerprint density at radius 2 is 1.70 bits per heavy atom. The number of carbonyl (C=O) groups excluding carboxylic acids is 2. The lowest BCUT2D eigenvalue weighted by Gasteiger charge is -2.18. The van der Waals surface area contributed by atoms with Crippen molar-refractivity contribution >= 4 is 17.6 Å². The summed E-state index contributed by atoms with van der Waals surface area (Å²) < 4.78 is 24.0. The average molecular weight is 407 g/mol. The third-order valence-corrected chi connectivity index (χ3v) is 4.47. The monoisotopic (exact) mass is 407 g/mol. The van der Waals surface area contributed by atoms with Gasteiger partial charge in [-0.1, -0.05) is 48.0 Å². The number of methoxy groups -OCH3 is 1. The highest BCUT2D eigenvalue weighted by molar-refractivity contribution is 5.96. The van der Waals surface area contributed by atoms with Crippen LogP contribution in [-0.4, -0.2) is 19.0 Å². The van der Waals surface area contributed by atoms with Crippen LogP contribution in [-0.2, 0) is 20.7 Å². The van der Waals surface area contributed by atoms with Crippen molar-refractivity contribution < 1.29 is 23.5 Å². The van der Waals surface area contributed by atoms with Gasteiger partial charge in [0.05, 0.1) is 13.5 Å². The van der Waals surface area contributed by atoms with Crippen LogP contribution in [0.1, 0.15) is 22.8 Å². The third kappa shape index (κ3) is 5.44.